The third-order valence-electron chi connectivity index (χ3n) is 4.02. The second-order valence-electron chi connectivity index (χ2n) is 6.05. The van der Waals surface area contributed by atoms with Crippen molar-refractivity contribution in [2.24, 2.45) is 0 Å². The van der Waals surface area contributed by atoms with Crippen molar-refractivity contribution in [3.63, 3.8) is 0 Å². The van der Waals surface area contributed by atoms with E-state index < -0.39 is 0 Å². The first-order chi connectivity index (χ1) is 13.2. The summed E-state index contributed by atoms with van der Waals surface area (Å²) in [5.74, 6) is 2.07. The van der Waals surface area contributed by atoms with E-state index in [0.29, 0.717) is 35.4 Å². The van der Waals surface area contributed by atoms with Crippen molar-refractivity contribution in [3.05, 3.63) is 71.7 Å². The summed E-state index contributed by atoms with van der Waals surface area (Å²) in [6, 6.07) is 16.9. The zero-order valence-electron chi connectivity index (χ0n) is 14.7. The third-order valence-corrected chi connectivity index (χ3v) is 4.02. The summed E-state index contributed by atoms with van der Waals surface area (Å²) in [5.41, 5.74) is 2.02. The molecule has 0 aliphatic carbocycles. The lowest BCUT2D eigenvalue weighted by molar-refractivity contribution is 0.102. The lowest BCUT2D eigenvalue weighted by atomic mass is 10.2. The molecular weight excluding hydrogens is 344 g/mol. The number of nitrogens with one attached hydrogen (secondary N) is 2. The summed E-state index contributed by atoms with van der Waals surface area (Å²) in [5, 5.41) is 6.05. The molecule has 0 saturated carbocycles. The molecule has 2 N–H and O–H groups in total. The molecule has 1 aliphatic heterocycles. The van der Waals surface area contributed by atoms with Crippen molar-refractivity contribution in [2.75, 3.05) is 17.4 Å². The van der Waals surface area contributed by atoms with E-state index in [1.54, 1.807) is 31.2 Å². The Balaban J connectivity index is 1.47. The quantitative estimate of drug-likeness (QED) is 0.724. The van der Waals surface area contributed by atoms with Gasteiger partial charge in [0, 0.05) is 24.4 Å². The van der Waals surface area contributed by atoms with Gasteiger partial charge in [-0.3, -0.25) is 4.79 Å². The van der Waals surface area contributed by atoms with Crippen LogP contribution in [0.5, 0.6) is 11.5 Å². The van der Waals surface area contributed by atoms with Crippen LogP contribution >= 0.6 is 0 Å². The first-order valence-corrected chi connectivity index (χ1v) is 8.52. The average Bonchev–Trinajstić information content (AvgIpc) is 3.14. The summed E-state index contributed by atoms with van der Waals surface area (Å²) in [7, 11) is 0. The van der Waals surface area contributed by atoms with Gasteiger partial charge in [0.1, 0.15) is 17.3 Å². The highest BCUT2D eigenvalue weighted by molar-refractivity contribution is 6.03. The number of carbonyl (C=O) groups is 1. The van der Waals surface area contributed by atoms with Gasteiger partial charge in [-0.15, -0.1) is 0 Å². The van der Waals surface area contributed by atoms with Crippen LogP contribution in [-0.4, -0.2) is 22.7 Å². The van der Waals surface area contributed by atoms with E-state index >= 15 is 0 Å². The minimum atomic E-state index is -0.317. The lowest BCUT2D eigenvalue weighted by Crippen LogP contribution is -2.15. The fourth-order valence-electron chi connectivity index (χ4n) is 2.73. The molecule has 27 heavy (non-hydrogen) atoms. The number of fused-ring (bicyclic) bond motifs is 1. The Bertz CT molecular complexity index is 976. The highest BCUT2D eigenvalue weighted by Gasteiger charge is 2.16. The van der Waals surface area contributed by atoms with Gasteiger partial charge in [0.2, 0.25) is 6.79 Å². The van der Waals surface area contributed by atoms with Crippen LogP contribution < -0.4 is 20.1 Å². The first-order valence-electron chi connectivity index (χ1n) is 8.52. The number of hydrogen-bond acceptors (Lipinski definition) is 6. The van der Waals surface area contributed by atoms with Crippen LogP contribution in [0.4, 0.5) is 11.5 Å². The number of rotatable bonds is 5. The highest BCUT2D eigenvalue weighted by atomic mass is 16.7. The zero-order valence-corrected chi connectivity index (χ0v) is 14.7. The molecule has 0 spiro atoms. The molecule has 4 rings (SSSR count). The number of hydrogen-bond donors (Lipinski definition) is 2. The molecule has 0 bridgehead atoms. The Morgan fingerprint density at radius 3 is 2.70 bits per heavy atom. The molecule has 1 amide bonds. The van der Waals surface area contributed by atoms with Crippen molar-refractivity contribution >= 4 is 17.4 Å². The zero-order chi connectivity index (χ0) is 18.6. The Morgan fingerprint density at radius 1 is 1.04 bits per heavy atom. The average molecular weight is 362 g/mol. The fraction of sp³-hybridized carbons (Fsp3) is 0.150. The molecule has 1 aromatic heterocycles. The van der Waals surface area contributed by atoms with E-state index in [1.165, 1.54) is 0 Å². The van der Waals surface area contributed by atoms with Crippen LogP contribution in [0.15, 0.2) is 54.6 Å². The van der Waals surface area contributed by atoms with E-state index in [9.17, 15) is 4.79 Å². The third kappa shape index (κ3) is 3.98. The van der Waals surface area contributed by atoms with Crippen LogP contribution in [0.1, 0.15) is 21.9 Å². The molecular formula is C20H18N4O3. The Kier molecular flexibility index (Phi) is 4.57. The highest BCUT2D eigenvalue weighted by Crippen LogP contribution is 2.34. The van der Waals surface area contributed by atoms with Gasteiger partial charge in [-0.2, -0.15) is 0 Å². The van der Waals surface area contributed by atoms with Crippen molar-refractivity contribution in [2.45, 2.75) is 13.5 Å². The summed E-state index contributed by atoms with van der Waals surface area (Å²) in [4.78, 5) is 21.2. The van der Waals surface area contributed by atoms with Gasteiger partial charge in [0.15, 0.2) is 11.5 Å². The van der Waals surface area contributed by atoms with E-state index in [0.717, 1.165) is 5.56 Å². The molecule has 0 atom stereocenters. The van der Waals surface area contributed by atoms with Crippen molar-refractivity contribution in [1.29, 1.82) is 0 Å². The predicted octanol–water partition coefficient (Wildman–Crippen LogP) is 3.38. The number of ether oxygens (including phenoxy) is 2. The predicted molar refractivity (Wildman–Crippen MR) is 101 cm³/mol. The topological polar surface area (TPSA) is 85.4 Å². The summed E-state index contributed by atoms with van der Waals surface area (Å²) in [6.07, 6.45) is 0. The maximum absolute atomic E-state index is 12.6. The monoisotopic (exact) mass is 362 g/mol. The number of aromatic nitrogens is 2. The van der Waals surface area contributed by atoms with Crippen LogP contribution in [0.25, 0.3) is 0 Å². The molecule has 3 aromatic rings. The number of carbonyl (C=O) groups excluding carboxylic acids is 1. The Morgan fingerprint density at radius 2 is 1.85 bits per heavy atom. The number of aryl methyl sites for hydroxylation is 1. The van der Waals surface area contributed by atoms with Gasteiger partial charge >= 0.3 is 0 Å². The van der Waals surface area contributed by atoms with E-state index in [1.807, 2.05) is 30.3 Å². The van der Waals surface area contributed by atoms with Crippen molar-refractivity contribution in [3.8, 4) is 11.5 Å². The molecule has 1 aliphatic rings. The van der Waals surface area contributed by atoms with Crippen LogP contribution in [-0.2, 0) is 6.54 Å². The van der Waals surface area contributed by atoms with E-state index in [2.05, 4.69) is 20.6 Å². The Labute approximate surface area is 156 Å². The molecule has 7 nitrogen and oxygen atoms in total. The first kappa shape index (κ1) is 16.8. The smallest absolute Gasteiger partial charge is 0.274 e. The maximum atomic E-state index is 12.6. The normalized spacial score (nSPS) is 11.9. The second kappa shape index (κ2) is 7.33. The SMILES string of the molecule is Cc1nc(NCc2ccccc2)cc(C(=O)Nc2ccc3c(c2)OCO3)n1. The molecule has 2 heterocycles. The van der Waals surface area contributed by atoms with Gasteiger partial charge in [0.25, 0.3) is 5.91 Å². The van der Waals surface area contributed by atoms with Gasteiger partial charge in [-0.25, -0.2) is 9.97 Å². The minimum absolute atomic E-state index is 0.189. The molecule has 2 aromatic carbocycles. The van der Waals surface area contributed by atoms with Gasteiger partial charge in [-0.1, -0.05) is 30.3 Å². The van der Waals surface area contributed by atoms with Crippen molar-refractivity contribution in [1.82, 2.24) is 9.97 Å². The summed E-state index contributed by atoms with van der Waals surface area (Å²) >= 11 is 0. The molecule has 0 radical (unpaired) electrons. The number of benzene rings is 2. The number of nitrogens with zero attached hydrogens (tertiary/aromatic N) is 2. The second-order valence-corrected chi connectivity index (χ2v) is 6.05. The van der Waals surface area contributed by atoms with Crippen LogP contribution in [0, 0.1) is 6.92 Å². The summed E-state index contributed by atoms with van der Waals surface area (Å²) in [6.45, 7) is 2.56. The number of anilines is 2. The van der Waals surface area contributed by atoms with Gasteiger partial charge in [0.05, 0.1) is 0 Å². The van der Waals surface area contributed by atoms with E-state index in [4.69, 9.17) is 9.47 Å². The minimum Gasteiger partial charge on any atom is -0.454 e. The van der Waals surface area contributed by atoms with E-state index in [-0.39, 0.29) is 18.4 Å². The van der Waals surface area contributed by atoms with Crippen LogP contribution in [0.2, 0.25) is 0 Å². The van der Waals surface area contributed by atoms with Crippen LogP contribution in [0.3, 0.4) is 0 Å². The molecule has 0 unspecified atom stereocenters. The number of amides is 1. The molecule has 7 heteroatoms. The van der Waals surface area contributed by atoms with Gasteiger partial charge in [-0.05, 0) is 24.6 Å². The largest absolute Gasteiger partial charge is 0.454 e. The lowest BCUT2D eigenvalue weighted by Gasteiger charge is -2.10. The standard InChI is InChI=1S/C20H18N4O3/c1-13-22-16(10-19(23-13)21-11-14-5-3-2-4-6-14)20(25)24-15-7-8-17-18(9-15)27-12-26-17/h2-10H,11-12H2,1H3,(H,24,25)(H,21,22,23). The summed E-state index contributed by atoms with van der Waals surface area (Å²) < 4.78 is 10.6. The van der Waals surface area contributed by atoms with Crippen molar-refractivity contribution < 1.29 is 14.3 Å². The Hall–Kier alpha value is -3.61. The maximum Gasteiger partial charge on any atom is 0.274 e. The molecule has 0 fully saturated rings. The fourth-order valence-corrected chi connectivity index (χ4v) is 2.73. The molecule has 0 saturated heterocycles. The molecule has 136 valence electrons. The van der Waals surface area contributed by atoms with Gasteiger partial charge < -0.3 is 20.1 Å².